The van der Waals surface area contributed by atoms with Gasteiger partial charge in [0, 0.05) is 23.2 Å². The van der Waals surface area contributed by atoms with Gasteiger partial charge in [-0.15, -0.1) is 0 Å². The number of aromatic hydroxyl groups is 2. The predicted molar refractivity (Wildman–Crippen MR) is 76.5 cm³/mol. The molecule has 3 N–H and O–H groups in total. The van der Waals surface area contributed by atoms with Crippen molar-refractivity contribution in [2.75, 3.05) is 0 Å². The summed E-state index contributed by atoms with van der Waals surface area (Å²) in [5.41, 5.74) is 1.74. The van der Waals surface area contributed by atoms with E-state index in [2.05, 4.69) is 5.32 Å². The lowest BCUT2D eigenvalue weighted by Gasteiger charge is -2.15. The summed E-state index contributed by atoms with van der Waals surface area (Å²) in [7, 11) is 0. The second-order valence-corrected chi connectivity index (χ2v) is 4.88. The maximum absolute atomic E-state index is 9.71. The van der Waals surface area contributed by atoms with Crippen molar-refractivity contribution in [2.24, 2.45) is 0 Å². The largest absolute Gasteiger partial charge is 0.504 e. The van der Waals surface area contributed by atoms with E-state index in [1.165, 1.54) is 6.07 Å². The first-order valence-electron chi connectivity index (χ1n) is 6.06. The fraction of sp³-hybridized carbons (Fsp3) is 0.200. The molecule has 2 aromatic rings. The smallest absolute Gasteiger partial charge is 0.161 e. The minimum absolute atomic E-state index is 0.0757. The van der Waals surface area contributed by atoms with Crippen LogP contribution in [-0.2, 0) is 6.54 Å². The molecule has 0 bridgehead atoms. The molecule has 0 fully saturated rings. The first-order chi connectivity index (χ1) is 9.08. The van der Waals surface area contributed by atoms with Crippen LogP contribution in [0.25, 0.3) is 0 Å². The summed E-state index contributed by atoms with van der Waals surface area (Å²) >= 11 is 5.95. The lowest BCUT2D eigenvalue weighted by atomic mass is 10.1. The molecular formula is C15H16ClNO2. The Labute approximate surface area is 117 Å². The van der Waals surface area contributed by atoms with Crippen LogP contribution in [0.4, 0.5) is 0 Å². The van der Waals surface area contributed by atoms with Crippen LogP contribution in [0.15, 0.2) is 42.5 Å². The zero-order valence-corrected chi connectivity index (χ0v) is 11.4. The average Bonchev–Trinajstić information content (AvgIpc) is 2.40. The fourth-order valence-electron chi connectivity index (χ4n) is 1.88. The lowest BCUT2D eigenvalue weighted by molar-refractivity contribution is 0.396. The van der Waals surface area contributed by atoms with E-state index in [0.717, 1.165) is 5.56 Å². The molecule has 0 heterocycles. The highest BCUT2D eigenvalue weighted by Crippen LogP contribution is 2.28. The second kappa shape index (κ2) is 5.95. The molecule has 0 radical (unpaired) electrons. The van der Waals surface area contributed by atoms with Crippen molar-refractivity contribution < 1.29 is 10.2 Å². The van der Waals surface area contributed by atoms with Crippen LogP contribution >= 0.6 is 11.6 Å². The minimum Gasteiger partial charge on any atom is -0.504 e. The van der Waals surface area contributed by atoms with Gasteiger partial charge in [-0.1, -0.05) is 35.9 Å². The number of phenolic OH excluding ortho intramolecular Hbond substituents is 2. The molecule has 0 unspecified atom stereocenters. The number of phenols is 2. The zero-order chi connectivity index (χ0) is 13.8. The minimum atomic E-state index is -0.102. The van der Waals surface area contributed by atoms with E-state index in [9.17, 15) is 10.2 Å². The quantitative estimate of drug-likeness (QED) is 0.749. The molecule has 100 valence electrons. The highest BCUT2D eigenvalue weighted by molar-refractivity contribution is 6.30. The molecule has 0 saturated carbocycles. The summed E-state index contributed by atoms with van der Waals surface area (Å²) in [6, 6.07) is 12.7. The summed E-state index contributed by atoms with van der Waals surface area (Å²) < 4.78 is 0. The summed E-state index contributed by atoms with van der Waals surface area (Å²) in [6.07, 6.45) is 0. The number of nitrogens with one attached hydrogen (secondary N) is 1. The maximum atomic E-state index is 9.71. The third-order valence-electron chi connectivity index (χ3n) is 3.05. The number of benzene rings is 2. The van der Waals surface area contributed by atoms with Gasteiger partial charge in [0.25, 0.3) is 0 Å². The Balaban J connectivity index is 2.04. The van der Waals surface area contributed by atoms with Gasteiger partial charge in [-0.2, -0.15) is 0 Å². The van der Waals surface area contributed by atoms with Gasteiger partial charge in [0.05, 0.1) is 0 Å². The molecule has 4 heteroatoms. The van der Waals surface area contributed by atoms with Crippen molar-refractivity contribution >= 4 is 11.6 Å². The predicted octanol–water partition coefficient (Wildman–Crippen LogP) is 3.60. The Morgan fingerprint density at radius 2 is 1.89 bits per heavy atom. The second-order valence-electron chi connectivity index (χ2n) is 4.44. The zero-order valence-electron chi connectivity index (χ0n) is 10.6. The molecule has 2 aromatic carbocycles. The Hall–Kier alpha value is -1.71. The van der Waals surface area contributed by atoms with Gasteiger partial charge in [0.1, 0.15) is 0 Å². The van der Waals surface area contributed by atoms with E-state index in [1.807, 2.05) is 31.2 Å². The molecule has 3 nitrogen and oxygen atoms in total. The van der Waals surface area contributed by atoms with Gasteiger partial charge in [-0.25, -0.2) is 0 Å². The fourth-order valence-corrected chi connectivity index (χ4v) is 2.08. The van der Waals surface area contributed by atoms with E-state index >= 15 is 0 Å². The Morgan fingerprint density at radius 3 is 2.63 bits per heavy atom. The first-order valence-corrected chi connectivity index (χ1v) is 6.44. The molecule has 2 rings (SSSR count). The van der Waals surface area contributed by atoms with Crippen molar-refractivity contribution in [1.29, 1.82) is 0 Å². The van der Waals surface area contributed by atoms with Gasteiger partial charge in [-0.3, -0.25) is 0 Å². The van der Waals surface area contributed by atoms with Crippen LogP contribution in [0.3, 0.4) is 0 Å². The Bertz CT molecular complexity index is 572. The summed E-state index contributed by atoms with van der Waals surface area (Å²) in [4.78, 5) is 0. The normalized spacial score (nSPS) is 12.3. The van der Waals surface area contributed by atoms with Crippen molar-refractivity contribution in [3.05, 3.63) is 58.6 Å². The van der Waals surface area contributed by atoms with Crippen LogP contribution in [0, 0.1) is 0 Å². The van der Waals surface area contributed by atoms with Crippen molar-refractivity contribution in [1.82, 2.24) is 5.32 Å². The van der Waals surface area contributed by atoms with Gasteiger partial charge in [0.2, 0.25) is 0 Å². The Morgan fingerprint density at radius 1 is 1.16 bits per heavy atom. The SMILES string of the molecule is C[C@@H](NCc1cccc(O)c1O)c1cccc(Cl)c1. The average molecular weight is 278 g/mol. The summed E-state index contributed by atoms with van der Waals surface area (Å²) in [6.45, 7) is 2.49. The number of hydrogen-bond donors (Lipinski definition) is 3. The van der Waals surface area contributed by atoms with Crippen LogP contribution < -0.4 is 5.32 Å². The molecule has 0 saturated heterocycles. The van der Waals surface area contributed by atoms with E-state index < -0.39 is 0 Å². The number of rotatable bonds is 4. The molecule has 0 spiro atoms. The van der Waals surface area contributed by atoms with Gasteiger partial charge >= 0.3 is 0 Å². The highest BCUT2D eigenvalue weighted by Gasteiger charge is 2.09. The van der Waals surface area contributed by atoms with E-state index in [-0.39, 0.29) is 17.5 Å². The maximum Gasteiger partial charge on any atom is 0.161 e. The number of para-hydroxylation sites is 1. The number of halogens is 1. The first kappa shape index (κ1) is 13.7. The van der Waals surface area contributed by atoms with Gasteiger partial charge < -0.3 is 15.5 Å². The molecule has 0 aliphatic heterocycles. The summed E-state index contributed by atoms with van der Waals surface area (Å²) in [5, 5.41) is 23.1. The van der Waals surface area contributed by atoms with Crippen molar-refractivity contribution in [2.45, 2.75) is 19.5 Å². The molecule has 0 aliphatic rings. The van der Waals surface area contributed by atoms with Crippen LogP contribution in [0.1, 0.15) is 24.1 Å². The molecule has 1 atom stereocenters. The van der Waals surface area contributed by atoms with E-state index in [0.29, 0.717) is 17.1 Å². The molecular weight excluding hydrogens is 262 g/mol. The topological polar surface area (TPSA) is 52.5 Å². The monoisotopic (exact) mass is 277 g/mol. The van der Waals surface area contributed by atoms with Gasteiger partial charge in [0.15, 0.2) is 11.5 Å². The number of hydrogen-bond acceptors (Lipinski definition) is 3. The Kier molecular flexibility index (Phi) is 4.30. The standard InChI is InChI=1S/C15H16ClNO2/c1-10(11-4-2-6-13(16)8-11)17-9-12-5-3-7-14(18)15(12)19/h2-8,10,17-19H,9H2,1H3/t10-/m1/s1. The molecule has 19 heavy (non-hydrogen) atoms. The van der Waals surface area contributed by atoms with E-state index in [4.69, 9.17) is 11.6 Å². The summed E-state index contributed by atoms with van der Waals surface area (Å²) in [5.74, 6) is -0.178. The van der Waals surface area contributed by atoms with Crippen LogP contribution in [0.5, 0.6) is 11.5 Å². The molecule has 0 amide bonds. The van der Waals surface area contributed by atoms with Crippen LogP contribution in [-0.4, -0.2) is 10.2 Å². The van der Waals surface area contributed by atoms with Crippen LogP contribution in [0.2, 0.25) is 5.02 Å². The van der Waals surface area contributed by atoms with Crippen molar-refractivity contribution in [3.8, 4) is 11.5 Å². The lowest BCUT2D eigenvalue weighted by Crippen LogP contribution is -2.18. The third-order valence-corrected chi connectivity index (χ3v) is 3.28. The molecule has 0 aliphatic carbocycles. The highest BCUT2D eigenvalue weighted by atomic mass is 35.5. The van der Waals surface area contributed by atoms with Gasteiger partial charge in [-0.05, 0) is 30.7 Å². The molecule has 0 aromatic heterocycles. The van der Waals surface area contributed by atoms with Crippen molar-refractivity contribution in [3.63, 3.8) is 0 Å². The van der Waals surface area contributed by atoms with E-state index in [1.54, 1.807) is 12.1 Å². The third kappa shape index (κ3) is 3.40.